The number of rotatable bonds is 0. The third-order valence-electron chi connectivity index (χ3n) is 0.252. The van der Waals surface area contributed by atoms with Crippen LogP contribution in [0, 0.1) is 0 Å². The Morgan fingerprint density at radius 3 is 1.50 bits per heavy atom. The van der Waals surface area contributed by atoms with E-state index in [0.717, 1.165) is 0 Å². The molecule has 0 aromatic heterocycles. The third-order valence-corrected chi connectivity index (χ3v) is 1.03. The number of halogens is 2. The van der Waals surface area contributed by atoms with Gasteiger partial charge >= 0.3 is 0 Å². The monoisotopic (exact) mass is 196 g/mol. The molecule has 0 aliphatic rings. The van der Waals surface area contributed by atoms with Crippen LogP contribution in [-0.2, 0) is 0 Å². The van der Waals surface area contributed by atoms with Gasteiger partial charge in [0.15, 0.2) is 0 Å². The molecular weight excluding hydrogens is 187 g/mol. The standard InChI is InChI=1S/C3H5Br.C3H5Cl/c2*1-2-3-4/h2*2-3H,1H3. The van der Waals surface area contributed by atoms with Crippen molar-refractivity contribution in [3.8, 4) is 0 Å². The van der Waals surface area contributed by atoms with E-state index >= 15 is 0 Å². The first kappa shape index (κ1) is 11.1. The van der Waals surface area contributed by atoms with Crippen LogP contribution < -0.4 is 0 Å². The van der Waals surface area contributed by atoms with E-state index in [0.29, 0.717) is 0 Å². The zero-order chi connectivity index (χ0) is 6.83. The van der Waals surface area contributed by atoms with Crippen LogP contribution in [-0.4, -0.2) is 0 Å². The molecule has 8 heavy (non-hydrogen) atoms. The molecule has 0 fully saturated rings. The molecule has 0 amide bonds. The summed E-state index contributed by atoms with van der Waals surface area (Å²) in [6.07, 6.45) is 3.68. The maximum Gasteiger partial charge on any atom is -0.0000330 e. The molecule has 0 bridgehead atoms. The van der Waals surface area contributed by atoms with Crippen molar-refractivity contribution < 1.29 is 0 Å². The van der Waals surface area contributed by atoms with E-state index in [-0.39, 0.29) is 0 Å². The van der Waals surface area contributed by atoms with Gasteiger partial charge in [-0.1, -0.05) is 39.7 Å². The Hall–Kier alpha value is 0.250. The van der Waals surface area contributed by atoms with Crippen molar-refractivity contribution in [3.63, 3.8) is 0 Å². The largest absolute Gasteiger partial charge is 0.0933 e. The van der Waals surface area contributed by atoms with E-state index in [1.807, 2.05) is 24.9 Å². The van der Waals surface area contributed by atoms with Gasteiger partial charge in [0.1, 0.15) is 0 Å². The molecule has 0 radical (unpaired) electrons. The summed E-state index contributed by atoms with van der Waals surface area (Å²) in [5.41, 5.74) is 1.47. The fourth-order valence-corrected chi connectivity index (χ4v) is 0. The molecule has 0 nitrogen and oxygen atoms in total. The van der Waals surface area contributed by atoms with E-state index in [1.165, 1.54) is 5.54 Å². The summed E-state index contributed by atoms with van der Waals surface area (Å²) in [5.74, 6) is 0. The highest BCUT2D eigenvalue weighted by Gasteiger charge is 1.37. The molecule has 0 saturated carbocycles. The summed E-state index contributed by atoms with van der Waals surface area (Å²) < 4.78 is 0. The molecule has 48 valence electrons. The van der Waals surface area contributed by atoms with Gasteiger partial charge in [0.25, 0.3) is 0 Å². The second kappa shape index (κ2) is 15.7. The predicted octanol–water partition coefficient (Wildman–Crippen LogP) is 3.67. The van der Waals surface area contributed by atoms with Gasteiger partial charge in [-0.3, -0.25) is 0 Å². The van der Waals surface area contributed by atoms with Crippen LogP contribution in [0.4, 0.5) is 0 Å². The summed E-state index contributed by atoms with van der Waals surface area (Å²) >= 11 is 8.07. The zero-order valence-corrected chi connectivity index (χ0v) is 7.41. The van der Waals surface area contributed by atoms with E-state index in [2.05, 4.69) is 15.9 Å². The smallest absolute Gasteiger partial charge is 0.0000330 e. The molecule has 0 saturated heterocycles. The van der Waals surface area contributed by atoms with Crippen molar-refractivity contribution in [2.75, 3.05) is 0 Å². The van der Waals surface area contributed by atoms with Gasteiger partial charge in [-0.2, -0.15) is 0 Å². The van der Waals surface area contributed by atoms with E-state index in [9.17, 15) is 0 Å². The van der Waals surface area contributed by atoms with Crippen LogP contribution in [0.1, 0.15) is 13.8 Å². The van der Waals surface area contributed by atoms with Crippen molar-refractivity contribution in [1.29, 1.82) is 0 Å². The maximum atomic E-state index is 5.01. The van der Waals surface area contributed by atoms with Gasteiger partial charge in [0.2, 0.25) is 0 Å². The molecule has 0 unspecified atom stereocenters. The minimum atomic E-state index is 1.47. The lowest BCUT2D eigenvalue weighted by molar-refractivity contribution is 1.78. The second-order valence-corrected chi connectivity index (χ2v) is 1.70. The van der Waals surface area contributed by atoms with Gasteiger partial charge in [0, 0.05) is 0 Å². The molecule has 0 aliphatic heterocycles. The Morgan fingerprint density at radius 1 is 1.25 bits per heavy atom. The molecule has 0 aliphatic carbocycles. The van der Waals surface area contributed by atoms with Crippen LogP contribution in [0.3, 0.4) is 0 Å². The maximum absolute atomic E-state index is 5.01. The lowest BCUT2D eigenvalue weighted by atomic mass is 10.8. The summed E-state index contributed by atoms with van der Waals surface area (Å²) in [5, 5.41) is 0. The fraction of sp³-hybridized carbons (Fsp3) is 0.333. The molecule has 0 atom stereocenters. The van der Waals surface area contributed by atoms with Crippen molar-refractivity contribution >= 4 is 27.5 Å². The fourth-order valence-electron chi connectivity index (χ4n) is 0. The highest BCUT2D eigenvalue weighted by atomic mass is 79.9. The lowest BCUT2D eigenvalue weighted by Gasteiger charge is -1.47. The molecule has 0 heterocycles. The van der Waals surface area contributed by atoms with Gasteiger partial charge in [-0.15, -0.1) is 0 Å². The first-order valence-corrected chi connectivity index (χ1v) is 3.61. The quantitative estimate of drug-likeness (QED) is 0.556. The number of allylic oxidation sites excluding steroid dienone is 2. The third kappa shape index (κ3) is 34.0. The van der Waals surface area contributed by atoms with Crippen molar-refractivity contribution in [2.24, 2.45) is 0 Å². The Bertz CT molecular complexity index is 48.9. The van der Waals surface area contributed by atoms with Crippen LogP contribution in [0.15, 0.2) is 22.7 Å². The van der Waals surface area contributed by atoms with E-state index < -0.39 is 0 Å². The molecule has 0 aromatic carbocycles. The minimum Gasteiger partial charge on any atom is -0.0933 e. The SMILES string of the molecule is CC=CBr.CC=CCl. The highest BCUT2D eigenvalue weighted by Crippen LogP contribution is 1.76. The average Bonchev–Trinajstić information content (AvgIpc) is 1.88. The van der Waals surface area contributed by atoms with Crippen molar-refractivity contribution in [1.82, 2.24) is 0 Å². The lowest BCUT2D eigenvalue weighted by Crippen LogP contribution is -1.20. The number of hydrogen-bond acceptors (Lipinski definition) is 0. The number of hydrogen-bond donors (Lipinski definition) is 0. The van der Waals surface area contributed by atoms with Gasteiger partial charge in [-0.05, 0) is 24.4 Å². The molecular formula is C6H10BrCl. The summed E-state index contributed by atoms with van der Waals surface area (Å²) in [6.45, 7) is 3.82. The van der Waals surface area contributed by atoms with E-state index in [1.54, 1.807) is 6.08 Å². The van der Waals surface area contributed by atoms with Gasteiger partial charge in [0.05, 0.1) is 0 Å². The Labute approximate surface area is 64.4 Å². The topological polar surface area (TPSA) is 0 Å². The van der Waals surface area contributed by atoms with Crippen LogP contribution >= 0.6 is 27.5 Å². The highest BCUT2D eigenvalue weighted by molar-refractivity contribution is 9.11. The molecule has 0 N–H and O–H groups in total. The Morgan fingerprint density at radius 2 is 1.50 bits per heavy atom. The molecule has 0 aromatic rings. The first-order chi connectivity index (χ1) is 3.83. The van der Waals surface area contributed by atoms with Crippen LogP contribution in [0.2, 0.25) is 0 Å². The minimum absolute atomic E-state index is 1.47. The first-order valence-electron chi connectivity index (χ1n) is 2.26. The van der Waals surface area contributed by atoms with Crippen LogP contribution in [0.5, 0.6) is 0 Å². The Balaban J connectivity index is 0. The van der Waals surface area contributed by atoms with Crippen molar-refractivity contribution in [2.45, 2.75) is 13.8 Å². The summed E-state index contributed by atoms with van der Waals surface area (Å²) in [6, 6.07) is 0. The summed E-state index contributed by atoms with van der Waals surface area (Å²) in [4.78, 5) is 1.81. The molecule has 2 heteroatoms. The normalized spacial score (nSPS) is 9.50. The second-order valence-electron chi connectivity index (χ2n) is 0.919. The van der Waals surface area contributed by atoms with Gasteiger partial charge in [-0.25, -0.2) is 0 Å². The molecule has 0 rings (SSSR count). The van der Waals surface area contributed by atoms with Crippen molar-refractivity contribution in [3.05, 3.63) is 22.7 Å². The predicted molar refractivity (Wildman–Crippen MR) is 44.4 cm³/mol. The molecule has 0 spiro atoms. The summed E-state index contributed by atoms with van der Waals surface area (Å²) in [7, 11) is 0. The zero-order valence-electron chi connectivity index (χ0n) is 5.07. The van der Waals surface area contributed by atoms with Crippen LogP contribution in [0.25, 0.3) is 0 Å². The Kier molecular flexibility index (Phi) is 21.8. The van der Waals surface area contributed by atoms with E-state index in [4.69, 9.17) is 11.6 Å². The van der Waals surface area contributed by atoms with Gasteiger partial charge < -0.3 is 0 Å². The average molecular weight is 198 g/mol.